The SMILES string of the molecule is CC1COC2(CN(c3nc4c(cc3F)c(=O)c(C(=O)O)cn4C3CC3)CC2(C)CNC(=O)OC(C)(C)C)OC1C. The highest BCUT2D eigenvalue weighted by Gasteiger charge is 2.61. The molecule has 0 aromatic carbocycles. The lowest BCUT2D eigenvalue weighted by molar-refractivity contribution is -0.332. The van der Waals surface area contributed by atoms with Crippen LogP contribution in [0.3, 0.4) is 0 Å². The molecule has 11 nitrogen and oxygen atoms in total. The van der Waals surface area contributed by atoms with Crippen LogP contribution in [0, 0.1) is 17.2 Å². The van der Waals surface area contributed by atoms with E-state index in [1.807, 2.05) is 20.8 Å². The summed E-state index contributed by atoms with van der Waals surface area (Å²) >= 11 is 0. The van der Waals surface area contributed by atoms with Gasteiger partial charge in [0, 0.05) is 31.2 Å². The lowest BCUT2D eigenvalue weighted by atomic mass is 9.82. The summed E-state index contributed by atoms with van der Waals surface area (Å²) in [5, 5.41) is 12.3. The van der Waals surface area contributed by atoms with Gasteiger partial charge in [-0.1, -0.05) is 13.8 Å². The summed E-state index contributed by atoms with van der Waals surface area (Å²) in [6.07, 6.45) is 2.18. The Labute approximate surface area is 231 Å². The predicted octanol–water partition coefficient (Wildman–Crippen LogP) is 3.69. The Hall–Kier alpha value is -3.25. The summed E-state index contributed by atoms with van der Waals surface area (Å²) in [5.74, 6) is -3.17. The molecule has 2 N–H and O–H groups in total. The van der Waals surface area contributed by atoms with E-state index in [1.54, 1.807) is 30.2 Å². The van der Waals surface area contributed by atoms with Gasteiger partial charge in [-0.2, -0.15) is 0 Å². The van der Waals surface area contributed by atoms with E-state index < -0.39 is 45.7 Å². The maximum absolute atomic E-state index is 15.7. The van der Waals surface area contributed by atoms with Gasteiger partial charge in [-0.05, 0) is 46.6 Å². The minimum absolute atomic E-state index is 0.00298. The summed E-state index contributed by atoms with van der Waals surface area (Å²) < 4.78 is 35.6. The number of fused-ring (bicyclic) bond motifs is 1. The summed E-state index contributed by atoms with van der Waals surface area (Å²) in [4.78, 5) is 43.4. The highest BCUT2D eigenvalue weighted by Crippen LogP contribution is 2.48. The van der Waals surface area contributed by atoms with Crippen molar-refractivity contribution in [2.75, 3.05) is 31.1 Å². The number of carboxylic acids is 1. The molecule has 2 aliphatic heterocycles. The molecule has 3 aliphatic rings. The first-order valence-electron chi connectivity index (χ1n) is 13.7. The number of nitrogens with one attached hydrogen (secondary N) is 1. The Morgan fingerprint density at radius 3 is 2.58 bits per heavy atom. The molecule has 2 aromatic heterocycles. The second-order valence-corrected chi connectivity index (χ2v) is 12.6. The van der Waals surface area contributed by atoms with E-state index in [1.165, 1.54) is 6.20 Å². The number of amides is 1. The van der Waals surface area contributed by atoms with Crippen LogP contribution in [0.25, 0.3) is 11.0 Å². The number of halogens is 1. The molecule has 4 unspecified atom stereocenters. The van der Waals surface area contributed by atoms with Crippen LogP contribution in [0.15, 0.2) is 17.1 Å². The van der Waals surface area contributed by atoms with Crippen molar-refractivity contribution in [2.24, 2.45) is 11.3 Å². The lowest BCUT2D eigenvalue weighted by Gasteiger charge is -2.48. The summed E-state index contributed by atoms with van der Waals surface area (Å²) in [5.41, 5.74) is -2.46. The number of carboxylic acid groups (broad SMARTS) is 1. The molecule has 0 bridgehead atoms. The zero-order valence-electron chi connectivity index (χ0n) is 23.7. The first-order valence-corrected chi connectivity index (χ1v) is 13.7. The fourth-order valence-electron chi connectivity index (χ4n) is 5.46. The molecule has 0 radical (unpaired) electrons. The van der Waals surface area contributed by atoms with E-state index >= 15 is 4.39 Å². The smallest absolute Gasteiger partial charge is 0.407 e. The standard InChI is InChI=1S/C28H37FN4O7/c1-15-11-38-28(39-16(15)2)14-32(13-27(28,6)12-30-25(37)40-26(3,4)5)23-20(29)9-18-21(34)19(24(35)36)10-33(17-7-8-17)22(18)31-23/h9-10,15-17H,7-8,11-14H2,1-6H3,(H,30,37)(H,35,36). The van der Waals surface area contributed by atoms with E-state index in [0.717, 1.165) is 18.9 Å². The maximum atomic E-state index is 15.7. The number of hydrogen-bond donors (Lipinski definition) is 2. The van der Waals surface area contributed by atoms with Gasteiger partial charge in [0.1, 0.15) is 16.8 Å². The summed E-state index contributed by atoms with van der Waals surface area (Å²) in [7, 11) is 0. The van der Waals surface area contributed by atoms with Gasteiger partial charge in [0.05, 0.1) is 30.1 Å². The van der Waals surface area contributed by atoms with E-state index in [2.05, 4.69) is 10.3 Å². The number of nitrogens with zero attached hydrogens (tertiary/aromatic N) is 3. The van der Waals surface area contributed by atoms with Gasteiger partial charge in [0.2, 0.25) is 5.43 Å². The van der Waals surface area contributed by atoms with Crippen LogP contribution in [0.1, 0.15) is 70.8 Å². The molecule has 12 heteroatoms. The molecular weight excluding hydrogens is 523 g/mol. The number of alkyl carbamates (subject to hydrolysis) is 1. The van der Waals surface area contributed by atoms with Gasteiger partial charge in [-0.3, -0.25) is 4.79 Å². The molecule has 40 heavy (non-hydrogen) atoms. The number of aromatic nitrogens is 2. The largest absolute Gasteiger partial charge is 0.477 e. The Balaban J connectivity index is 1.54. The third kappa shape index (κ3) is 5.03. The van der Waals surface area contributed by atoms with E-state index in [0.29, 0.717) is 6.61 Å². The maximum Gasteiger partial charge on any atom is 0.407 e. The second kappa shape index (κ2) is 9.69. The van der Waals surface area contributed by atoms with Crippen LogP contribution >= 0.6 is 0 Å². The lowest BCUT2D eigenvalue weighted by Crippen LogP contribution is -2.60. The Morgan fingerprint density at radius 1 is 1.27 bits per heavy atom. The van der Waals surface area contributed by atoms with E-state index in [4.69, 9.17) is 14.2 Å². The topological polar surface area (TPSA) is 132 Å². The van der Waals surface area contributed by atoms with E-state index in [9.17, 15) is 19.5 Å². The number of carbonyl (C=O) groups is 2. The van der Waals surface area contributed by atoms with Crippen molar-refractivity contribution in [1.82, 2.24) is 14.9 Å². The molecule has 4 heterocycles. The van der Waals surface area contributed by atoms with Gasteiger partial charge in [-0.15, -0.1) is 0 Å². The Bertz CT molecular complexity index is 1420. The quantitative estimate of drug-likeness (QED) is 0.562. The highest BCUT2D eigenvalue weighted by atomic mass is 19.1. The minimum Gasteiger partial charge on any atom is -0.477 e. The van der Waals surface area contributed by atoms with Crippen molar-refractivity contribution < 1.29 is 33.3 Å². The van der Waals surface area contributed by atoms with Crippen LogP contribution in [-0.2, 0) is 14.2 Å². The van der Waals surface area contributed by atoms with Crippen molar-refractivity contribution in [3.8, 4) is 0 Å². The van der Waals surface area contributed by atoms with Crippen LogP contribution in [0.5, 0.6) is 0 Å². The molecule has 1 spiro atoms. The monoisotopic (exact) mass is 560 g/mol. The van der Waals surface area contributed by atoms with Gasteiger partial charge in [0.15, 0.2) is 17.4 Å². The first-order chi connectivity index (χ1) is 18.6. The normalized spacial score (nSPS) is 28.7. The van der Waals surface area contributed by atoms with Crippen LogP contribution in [-0.4, -0.2) is 70.5 Å². The molecule has 5 rings (SSSR count). The van der Waals surface area contributed by atoms with E-state index in [-0.39, 0.29) is 54.5 Å². The molecular formula is C28H37FN4O7. The third-order valence-electron chi connectivity index (χ3n) is 8.05. The Kier molecular flexibility index (Phi) is 6.85. The molecule has 1 aliphatic carbocycles. The van der Waals surface area contributed by atoms with Crippen molar-refractivity contribution in [2.45, 2.75) is 77.9 Å². The molecule has 3 fully saturated rings. The minimum atomic E-state index is -1.37. The fourth-order valence-corrected chi connectivity index (χ4v) is 5.46. The first kappa shape index (κ1) is 28.3. The van der Waals surface area contributed by atoms with Crippen LogP contribution in [0.4, 0.5) is 15.0 Å². The molecule has 218 valence electrons. The number of ether oxygens (including phenoxy) is 3. The molecule has 4 atom stereocenters. The van der Waals surface area contributed by atoms with Crippen LogP contribution < -0.4 is 15.6 Å². The highest BCUT2D eigenvalue weighted by molar-refractivity contribution is 5.92. The number of pyridine rings is 2. The molecule has 1 saturated carbocycles. The average molecular weight is 561 g/mol. The zero-order chi connectivity index (χ0) is 29.2. The van der Waals surface area contributed by atoms with Gasteiger partial charge < -0.3 is 34.1 Å². The second-order valence-electron chi connectivity index (χ2n) is 12.6. The van der Waals surface area contributed by atoms with Gasteiger partial charge in [-0.25, -0.2) is 19.0 Å². The number of carbonyl (C=O) groups excluding carboxylic acids is 1. The van der Waals surface area contributed by atoms with Crippen molar-refractivity contribution in [3.05, 3.63) is 33.9 Å². The van der Waals surface area contributed by atoms with Crippen molar-refractivity contribution in [3.63, 3.8) is 0 Å². The Morgan fingerprint density at radius 2 is 1.98 bits per heavy atom. The van der Waals surface area contributed by atoms with Gasteiger partial charge in [0.25, 0.3) is 0 Å². The average Bonchev–Trinajstić information content (AvgIpc) is 3.65. The number of hydrogen-bond acceptors (Lipinski definition) is 8. The number of rotatable bonds is 5. The number of aromatic carboxylic acids is 1. The third-order valence-corrected chi connectivity index (χ3v) is 8.05. The van der Waals surface area contributed by atoms with Crippen molar-refractivity contribution in [1.29, 1.82) is 0 Å². The zero-order valence-corrected chi connectivity index (χ0v) is 23.7. The van der Waals surface area contributed by atoms with Crippen LogP contribution in [0.2, 0.25) is 0 Å². The van der Waals surface area contributed by atoms with Crippen molar-refractivity contribution >= 4 is 28.9 Å². The molecule has 2 aromatic rings. The molecule has 2 saturated heterocycles. The molecule has 1 amide bonds. The number of anilines is 1. The fraction of sp³-hybridized carbons (Fsp3) is 0.643. The van der Waals surface area contributed by atoms with Gasteiger partial charge >= 0.3 is 12.1 Å². The summed E-state index contributed by atoms with van der Waals surface area (Å²) in [6.45, 7) is 12.1. The predicted molar refractivity (Wildman–Crippen MR) is 144 cm³/mol. The summed E-state index contributed by atoms with van der Waals surface area (Å²) in [6, 6.07) is 1.06.